The van der Waals surface area contributed by atoms with Crippen LogP contribution in [0.2, 0.25) is 0 Å². The summed E-state index contributed by atoms with van der Waals surface area (Å²) in [4.78, 5) is 8.54. The molecule has 0 fully saturated rings. The monoisotopic (exact) mass is 326 g/mol. The smallest absolute Gasteiger partial charge is 0.213 e. The van der Waals surface area contributed by atoms with E-state index in [4.69, 9.17) is 4.74 Å². The molecule has 2 heterocycles. The van der Waals surface area contributed by atoms with Crippen LogP contribution in [-0.2, 0) is 5.41 Å². The van der Waals surface area contributed by atoms with Gasteiger partial charge in [0.2, 0.25) is 5.88 Å². The van der Waals surface area contributed by atoms with E-state index in [1.807, 2.05) is 24.7 Å². The molecular weight excluding hydrogens is 296 g/mol. The van der Waals surface area contributed by atoms with Gasteiger partial charge in [0.1, 0.15) is 0 Å². The second-order valence-corrected chi connectivity index (χ2v) is 8.33. The lowest BCUT2D eigenvalue weighted by molar-refractivity contribution is 0.139. The van der Waals surface area contributed by atoms with Gasteiger partial charge in [0.15, 0.2) is 0 Å². The molecule has 0 saturated heterocycles. The molecule has 0 aromatic carbocycles. The van der Waals surface area contributed by atoms with Crippen molar-refractivity contribution in [1.82, 2.24) is 9.97 Å². The van der Waals surface area contributed by atoms with Crippen molar-refractivity contribution in [3.8, 4) is 5.88 Å². The lowest BCUT2D eigenvalue weighted by Gasteiger charge is -2.35. The average Bonchev–Trinajstić information content (AvgIpc) is 2.53. The molecule has 0 atom stereocenters. The Bertz CT molecular complexity index is 631. The minimum Gasteiger partial charge on any atom is -0.477 e. The van der Waals surface area contributed by atoms with Crippen molar-refractivity contribution >= 4 is 0 Å². The van der Waals surface area contributed by atoms with E-state index in [9.17, 15) is 0 Å². The molecule has 2 aromatic rings. The standard InChI is InChI=1S/C21H30N2O/c1-16(2)17-7-8-19(23-13-17)24-15-20(3,4)14-21(5,6)18-9-11-22-12-10-18/h7-13,16H,14-15H2,1-6H3. The molecular formula is C21H30N2O. The van der Waals surface area contributed by atoms with Crippen LogP contribution >= 0.6 is 0 Å². The molecule has 3 heteroatoms. The number of aromatic nitrogens is 2. The highest BCUT2D eigenvalue weighted by Crippen LogP contribution is 2.36. The van der Waals surface area contributed by atoms with E-state index in [1.165, 1.54) is 11.1 Å². The minimum atomic E-state index is 0.0468. The third-order valence-corrected chi connectivity index (χ3v) is 4.42. The topological polar surface area (TPSA) is 35.0 Å². The van der Waals surface area contributed by atoms with Crippen molar-refractivity contribution < 1.29 is 4.74 Å². The van der Waals surface area contributed by atoms with Gasteiger partial charge < -0.3 is 4.74 Å². The van der Waals surface area contributed by atoms with E-state index >= 15 is 0 Å². The number of hydrogen-bond donors (Lipinski definition) is 0. The molecule has 0 aliphatic rings. The van der Waals surface area contributed by atoms with Gasteiger partial charge in [0.25, 0.3) is 0 Å². The first-order valence-electron chi connectivity index (χ1n) is 8.69. The fourth-order valence-corrected chi connectivity index (χ4v) is 3.24. The SMILES string of the molecule is CC(C)c1ccc(OCC(C)(C)CC(C)(C)c2ccncc2)nc1. The van der Waals surface area contributed by atoms with Gasteiger partial charge in [-0.05, 0) is 46.4 Å². The quantitative estimate of drug-likeness (QED) is 0.686. The third-order valence-electron chi connectivity index (χ3n) is 4.42. The van der Waals surface area contributed by atoms with Gasteiger partial charge in [-0.3, -0.25) is 4.98 Å². The number of pyridine rings is 2. The summed E-state index contributed by atoms with van der Waals surface area (Å²) in [6, 6.07) is 8.27. The van der Waals surface area contributed by atoms with Crippen molar-refractivity contribution in [2.45, 2.75) is 59.3 Å². The van der Waals surface area contributed by atoms with Gasteiger partial charge in [-0.25, -0.2) is 4.98 Å². The van der Waals surface area contributed by atoms with Crippen LogP contribution in [0.15, 0.2) is 42.9 Å². The molecule has 2 rings (SSSR count). The fourth-order valence-electron chi connectivity index (χ4n) is 3.24. The Balaban J connectivity index is 1.98. The molecule has 0 saturated carbocycles. The first kappa shape index (κ1) is 18.4. The Morgan fingerprint density at radius 3 is 2.21 bits per heavy atom. The minimum absolute atomic E-state index is 0.0468. The molecule has 0 aliphatic heterocycles. The van der Waals surface area contributed by atoms with Gasteiger partial charge in [-0.1, -0.05) is 47.6 Å². The summed E-state index contributed by atoms with van der Waals surface area (Å²) >= 11 is 0. The molecule has 0 aliphatic carbocycles. The van der Waals surface area contributed by atoms with Gasteiger partial charge in [0, 0.05) is 24.7 Å². The normalized spacial score (nSPS) is 12.5. The van der Waals surface area contributed by atoms with E-state index in [2.05, 4.69) is 69.7 Å². The summed E-state index contributed by atoms with van der Waals surface area (Å²) < 4.78 is 5.96. The lowest BCUT2D eigenvalue weighted by atomic mass is 9.72. The van der Waals surface area contributed by atoms with Crippen LogP contribution in [0.1, 0.15) is 65.0 Å². The van der Waals surface area contributed by atoms with Crippen molar-refractivity contribution in [1.29, 1.82) is 0 Å². The molecule has 0 radical (unpaired) electrons. The Morgan fingerprint density at radius 1 is 1.00 bits per heavy atom. The van der Waals surface area contributed by atoms with Gasteiger partial charge in [0.05, 0.1) is 6.61 Å². The van der Waals surface area contributed by atoms with E-state index < -0.39 is 0 Å². The highest BCUT2D eigenvalue weighted by atomic mass is 16.5. The number of nitrogens with zero attached hydrogens (tertiary/aromatic N) is 2. The lowest BCUT2D eigenvalue weighted by Crippen LogP contribution is -2.31. The number of ether oxygens (including phenoxy) is 1. The number of hydrogen-bond acceptors (Lipinski definition) is 3. The molecule has 0 N–H and O–H groups in total. The zero-order valence-electron chi connectivity index (χ0n) is 15.8. The Labute approximate surface area is 146 Å². The van der Waals surface area contributed by atoms with Crippen molar-refractivity contribution in [2.24, 2.45) is 5.41 Å². The van der Waals surface area contributed by atoms with Crippen LogP contribution in [0, 0.1) is 5.41 Å². The van der Waals surface area contributed by atoms with Crippen LogP contribution < -0.4 is 4.74 Å². The average molecular weight is 326 g/mol. The summed E-state index contributed by atoms with van der Waals surface area (Å²) in [5, 5.41) is 0. The van der Waals surface area contributed by atoms with E-state index in [1.54, 1.807) is 0 Å². The van der Waals surface area contributed by atoms with Gasteiger partial charge in [-0.2, -0.15) is 0 Å². The largest absolute Gasteiger partial charge is 0.477 e. The van der Waals surface area contributed by atoms with Crippen LogP contribution in [-0.4, -0.2) is 16.6 Å². The predicted octanol–water partition coefficient (Wildman–Crippen LogP) is 5.37. The van der Waals surface area contributed by atoms with Crippen LogP contribution in [0.25, 0.3) is 0 Å². The highest BCUT2D eigenvalue weighted by molar-refractivity contribution is 5.22. The molecule has 0 amide bonds. The summed E-state index contributed by atoms with van der Waals surface area (Å²) in [7, 11) is 0. The second kappa shape index (κ2) is 7.33. The molecule has 0 spiro atoms. The third kappa shape index (κ3) is 5.05. The zero-order valence-corrected chi connectivity index (χ0v) is 15.8. The van der Waals surface area contributed by atoms with E-state index in [0.29, 0.717) is 18.4 Å². The van der Waals surface area contributed by atoms with Crippen LogP contribution in [0.4, 0.5) is 0 Å². The maximum atomic E-state index is 5.96. The Morgan fingerprint density at radius 2 is 1.67 bits per heavy atom. The Kier molecular flexibility index (Phi) is 5.63. The number of rotatable bonds is 7. The second-order valence-electron chi connectivity index (χ2n) is 8.33. The van der Waals surface area contributed by atoms with Gasteiger partial charge >= 0.3 is 0 Å². The van der Waals surface area contributed by atoms with Crippen molar-refractivity contribution in [3.05, 3.63) is 54.0 Å². The molecule has 0 bridgehead atoms. The maximum absolute atomic E-state index is 5.96. The molecule has 0 unspecified atom stereocenters. The zero-order chi connectivity index (χ0) is 17.8. The van der Waals surface area contributed by atoms with E-state index in [-0.39, 0.29) is 10.8 Å². The van der Waals surface area contributed by atoms with Gasteiger partial charge in [-0.15, -0.1) is 0 Å². The predicted molar refractivity (Wildman–Crippen MR) is 99.5 cm³/mol. The van der Waals surface area contributed by atoms with Crippen LogP contribution in [0.3, 0.4) is 0 Å². The van der Waals surface area contributed by atoms with Crippen molar-refractivity contribution in [3.63, 3.8) is 0 Å². The maximum Gasteiger partial charge on any atom is 0.213 e. The summed E-state index contributed by atoms with van der Waals surface area (Å²) in [5.41, 5.74) is 2.67. The first-order chi connectivity index (χ1) is 11.2. The first-order valence-corrected chi connectivity index (χ1v) is 8.69. The van der Waals surface area contributed by atoms with E-state index in [0.717, 1.165) is 6.42 Å². The van der Waals surface area contributed by atoms with Crippen LogP contribution in [0.5, 0.6) is 5.88 Å². The highest BCUT2D eigenvalue weighted by Gasteiger charge is 2.31. The summed E-state index contributed by atoms with van der Waals surface area (Å²) in [5.74, 6) is 1.19. The van der Waals surface area contributed by atoms with Crippen molar-refractivity contribution in [2.75, 3.05) is 6.61 Å². The fraction of sp³-hybridized carbons (Fsp3) is 0.524. The molecule has 130 valence electrons. The molecule has 24 heavy (non-hydrogen) atoms. The Hall–Kier alpha value is -1.90. The molecule has 2 aromatic heterocycles. The summed E-state index contributed by atoms with van der Waals surface area (Å²) in [6.45, 7) is 14.0. The molecule has 3 nitrogen and oxygen atoms in total. The summed E-state index contributed by atoms with van der Waals surface area (Å²) in [6.07, 6.45) is 6.66.